The van der Waals surface area contributed by atoms with Crippen molar-refractivity contribution in [1.82, 2.24) is 19.7 Å². The van der Waals surface area contributed by atoms with Crippen LogP contribution in [0.4, 0.5) is 0 Å². The number of hydrogen-bond acceptors (Lipinski definition) is 4. The van der Waals surface area contributed by atoms with Crippen LogP contribution >= 0.6 is 0 Å². The molecule has 0 spiro atoms. The number of carbonyl (C=O) groups excluding carboxylic acids is 2. The fourth-order valence-electron chi connectivity index (χ4n) is 3.53. The van der Waals surface area contributed by atoms with Crippen molar-refractivity contribution in [1.29, 1.82) is 0 Å². The topological polar surface area (TPSA) is 68.1 Å². The average molecular weight is 326 g/mol. The van der Waals surface area contributed by atoms with Crippen molar-refractivity contribution in [3.8, 4) is 0 Å². The van der Waals surface area contributed by atoms with Gasteiger partial charge in [-0.2, -0.15) is 5.10 Å². The Morgan fingerprint density at radius 2 is 2.08 bits per heavy atom. The number of amides is 1. The van der Waals surface area contributed by atoms with Gasteiger partial charge < -0.3 is 4.90 Å². The molecule has 6 heteroatoms. The summed E-state index contributed by atoms with van der Waals surface area (Å²) in [5, 5.41) is 4.37. The van der Waals surface area contributed by atoms with Gasteiger partial charge >= 0.3 is 0 Å². The Morgan fingerprint density at radius 3 is 2.71 bits per heavy atom. The Hall–Kier alpha value is -2.50. The van der Waals surface area contributed by atoms with Gasteiger partial charge in [0.25, 0.3) is 0 Å². The van der Waals surface area contributed by atoms with E-state index in [-0.39, 0.29) is 24.3 Å². The quantitative estimate of drug-likeness (QED) is 0.809. The maximum Gasteiger partial charge on any atom is 0.244 e. The molecule has 1 saturated heterocycles. The van der Waals surface area contributed by atoms with Crippen molar-refractivity contribution < 1.29 is 9.59 Å². The van der Waals surface area contributed by atoms with Gasteiger partial charge in [0, 0.05) is 18.4 Å². The molecular formula is C18H22N4O2. The maximum atomic E-state index is 12.8. The predicted octanol–water partition coefficient (Wildman–Crippen LogP) is 2.46. The lowest BCUT2D eigenvalue weighted by atomic mass is 10.1. The molecule has 2 aromatic heterocycles. The molecule has 0 aliphatic carbocycles. The summed E-state index contributed by atoms with van der Waals surface area (Å²) in [6.45, 7) is 6.06. The number of ketones is 1. The van der Waals surface area contributed by atoms with Crippen LogP contribution in [0.2, 0.25) is 0 Å². The Bertz CT molecular complexity index is 767. The highest BCUT2D eigenvalue weighted by Crippen LogP contribution is 2.30. The van der Waals surface area contributed by atoms with Crippen LogP contribution in [-0.2, 0) is 11.3 Å². The summed E-state index contributed by atoms with van der Waals surface area (Å²) in [5.74, 6) is 0.0000821. The molecule has 24 heavy (non-hydrogen) atoms. The highest BCUT2D eigenvalue weighted by Gasteiger charge is 2.31. The molecule has 1 atom stereocenters. The lowest BCUT2D eigenvalue weighted by molar-refractivity contribution is -0.133. The molecule has 126 valence electrons. The van der Waals surface area contributed by atoms with E-state index in [1.165, 1.54) is 6.92 Å². The number of aryl methyl sites for hydroxylation is 1. The predicted molar refractivity (Wildman–Crippen MR) is 89.6 cm³/mol. The van der Waals surface area contributed by atoms with Crippen molar-refractivity contribution >= 4 is 11.7 Å². The number of rotatable bonds is 4. The van der Waals surface area contributed by atoms with E-state index in [1.807, 2.05) is 30.0 Å². The van der Waals surface area contributed by atoms with Gasteiger partial charge in [0.15, 0.2) is 5.78 Å². The molecule has 0 saturated carbocycles. The molecule has 1 aliphatic rings. The molecule has 6 nitrogen and oxygen atoms in total. The van der Waals surface area contributed by atoms with Crippen molar-refractivity contribution in [2.75, 3.05) is 6.54 Å². The first-order valence-corrected chi connectivity index (χ1v) is 8.24. The second-order valence-electron chi connectivity index (χ2n) is 6.26. The highest BCUT2D eigenvalue weighted by atomic mass is 16.2. The van der Waals surface area contributed by atoms with E-state index in [9.17, 15) is 9.59 Å². The molecular weight excluding hydrogens is 304 g/mol. The van der Waals surface area contributed by atoms with Crippen molar-refractivity contribution in [3.63, 3.8) is 0 Å². The largest absolute Gasteiger partial charge is 0.332 e. The molecule has 1 fully saturated rings. The molecule has 2 aromatic rings. The van der Waals surface area contributed by atoms with Crippen molar-refractivity contribution in [2.45, 2.75) is 46.2 Å². The second kappa shape index (κ2) is 6.55. The lowest BCUT2D eigenvalue weighted by Crippen LogP contribution is -2.34. The summed E-state index contributed by atoms with van der Waals surface area (Å²) in [7, 11) is 0. The minimum Gasteiger partial charge on any atom is -0.332 e. The molecule has 0 bridgehead atoms. The monoisotopic (exact) mass is 326 g/mol. The number of Topliss-reactive ketones (excluding diaryl/α,β-unsaturated/α-hetero) is 1. The van der Waals surface area contributed by atoms with Crippen LogP contribution in [-0.4, -0.2) is 37.9 Å². The van der Waals surface area contributed by atoms with Crippen LogP contribution in [0.15, 0.2) is 24.4 Å². The van der Waals surface area contributed by atoms with Crippen LogP contribution in [0.5, 0.6) is 0 Å². The molecule has 1 aliphatic heterocycles. The van der Waals surface area contributed by atoms with Crippen LogP contribution in [0.3, 0.4) is 0 Å². The summed E-state index contributed by atoms with van der Waals surface area (Å²) in [4.78, 5) is 30.8. The first kappa shape index (κ1) is 16.4. The van der Waals surface area contributed by atoms with E-state index in [0.717, 1.165) is 30.8 Å². The number of nitrogens with zero attached hydrogens (tertiary/aromatic N) is 4. The summed E-state index contributed by atoms with van der Waals surface area (Å²) >= 11 is 0. The van der Waals surface area contributed by atoms with E-state index in [0.29, 0.717) is 11.3 Å². The number of likely N-dealkylation sites (tertiary alicyclic amines) is 1. The fraction of sp³-hybridized carbons (Fsp3) is 0.444. The number of hydrogen-bond donors (Lipinski definition) is 0. The zero-order valence-electron chi connectivity index (χ0n) is 14.3. The zero-order valence-corrected chi connectivity index (χ0v) is 14.3. The standard InChI is InChI=1S/C18H22N4O2/c1-12-18(14(3)23)13(2)22(20-12)11-17(24)21-10-6-8-16(21)15-7-4-5-9-19-15/h4-5,7,9,16H,6,8,10-11H2,1-3H3/t16-/m1/s1. The summed E-state index contributed by atoms with van der Waals surface area (Å²) < 4.78 is 1.64. The number of carbonyl (C=O) groups is 2. The number of pyridine rings is 1. The Kier molecular flexibility index (Phi) is 4.46. The summed E-state index contributed by atoms with van der Waals surface area (Å²) in [5.41, 5.74) is 2.98. The summed E-state index contributed by atoms with van der Waals surface area (Å²) in [6.07, 6.45) is 3.66. The highest BCUT2D eigenvalue weighted by molar-refractivity contribution is 5.96. The van der Waals surface area contributed by atoms with Crippen LogP contribution in [0.25, 0.3) is 0 Å². The van der Waals surface area contributed by atoms with Gasteiger partial charge in [-0.3, -0.25) is 19.3 Å². The fourth-order valence-corrected chi connectivity index (χ4v) is 3.53. The SMILES string of the molecule is CC(=O)c1c(C)nn(CC(=O)N2CCC[C@@H]2c2ccccn2)c1C. The van der Waals surface area contributed by atoms with Gasteiger partial charge in [-0.15, -0.1) is 0 Å². The van der Waals surface area contributed by atoms with Gasteiger partial charge in [0.2, 0.25) is 5.91 Å². The van der Waals surface area contributed by atoms with Crippen molar-refractivity contribution in [3.05, 3.63) is 47.0 Å². The van der Waals surface area contributed by atoms with Gasteiger partial charge in [-0.1, -0.05) is 6.07 Å². The third-order valence-electron chi connectivity index (χ3n) is 4.62. The van der Waals surface area contributed by atoms with Crippen LogP contribution in [0.1, 0.15) is 53.2 Å². The molecule has 0 unspecified atom stereocenters. The molecule has 0 radical (unpaired) electrons. The first-order valence-electron chi connectivity index (χ1n) is 8.24. The average Bonchev–Trinajstić information content (AvgIpc) is 3.13. The molecule has 1 amide bonds. The number of aromatic nitrogens is 3. The first-order chi connectivity index (χ1) is 11.5. The lowest BCUT2D eigenvalue weighted by Gasteiger charge is -2.24. The molecule has 0 aromatic carbocycles. The van der Waals surface area contributed by atoms with E-state index >= 15 is 0 Å². The van der Waals surface area contributed by atoms with E-state index < -0.39 is 0 Å². The normalized spacial score (nSPS) is 17.3. The van der Waals surface area contributed by atoms with Gasteiger partial charge in [0.05, 0.1) is 23.0 Å². The third kappa shape index (κ3) is 2.96. The Balaban J connectivity index is 1.80. The minimum absolute atomic E-state index is 0.0174. The zero-order chi connectivity index (χ0) is 17.3. The van der Waals surface area contributed by atoms with Gasteiger partial charge in [-0.05, 0) is 45.7 Å². The van der Waals surface area contributed by atoms with Gasteiger partial charge in [0.1, 0.15) is 6.54 Å². The van der Waals surface area contributed by atoms with Crippen LogP contribution < -0.4 is 0 Å². The van der Waals surface area contributed by atoms with Crippen molar-refractivity contribution in [2.24, 2.45) is 0 Å². The van der Waals surface area contributed by atoms with Crippen LogP contribution in [0, 0.1) is 13.8 Å². The molecule has 0 N–H and O–H groups in total. The maximum absolute atomic E-state index is 12.8. The minimum atomic E-state index is -0.0174. The van der Waals surface area contributed by atoms with E-state index in [2.05, 4.69) is 10.1 Å². The molecule has 3 rings (SSSR count). The van der Waals surface area contributed by atoms with E-state index in [4.69, 9.17) is 0 Å². The second-order valence-corrected chi connectivity index (χ2v) is 6.26. The smallest absolute Gasteiger partial charge is 0.244 e. The summed E-state index contributed by atoms with van der Waals surface area (Å²) in [6, 6.07) is 5.82. The Morgan fingerprint density at radius 1 is 1.29 bits per heavy atom. The van der Waals surface area contributed by atoms with E-state index in [1.54, 1.807) is 17.8 Å². The Labute approximate surface area is 141 Å². The van der Waals surface area contributed by atoms with Gasteiger partial charge in [-0.25, -0.2) is 0 Å². The third-order valence-corrected chi connectivity index (χ3v) is 4.62. The molecule has 3 heterocycles.